The number of esters is 4. The summed E-state index contributed by atoms with van der Waals surface area (Å²) in [5.74, 6) is -1.25. The molecule has 0 saturated heterocycles. The highest BCUT2D eigenvalue weighted by Crippen LogP contribution is 2.45. The first kappa shape index (κ1) is 110. The van der Waals surface area contributed by atoms with Crippen LogP contribution in [0, 0.1) is 5.92 Å². The van der Waals surface area contributed by atoms with E-state index in [1.165, 1.54) is 334 Å². The second-order valence-electron chi connectivity index (χ2n) is 33.6. The standard InChI is InChI=1S/C93H182O17P2/c1-6-10-13-16-19-22-25-27-29-31-33-35-37-39-41-43-48-52-57-62-67-72-77-91(96)104-83-89(110-92(97)78-73-68-63-58-53-49-44-42-40-38-36-34-32-30-28-26-23-20-17-14-11-7-2)85-108-112(101,102)106-81-87(94)80-105-111(99,100)107-84-88(82-103-90(95)76-71-66-61-56-24-21-18-15-12-8-3)109-93(98)79-74-69-64-59-54-50-46-45-47-51-55-60-65-70-75-86(5)9-4/h86-89,94H,6-85H2,1-5H3,(H,99,100)(H,101,102)/t86?,87-,88+,89+/m0/s1. The molecule has 0 aromatic rings. The second kappa shape index (κ2) is 85.5. The average Bonchev–Trinajstić information content (AvgIpc) is 0.872. The largest absolute Gasteiger partial charge is 0.472 e. The molecule has 0 aromatic heterocycles. The molecule has 3 unspecified atom stereocenters. The van der Waals surface area contributed by atoms with Crippen LogP contribution in [-0.4, -0.2) is 96.7 Å². The number of aliphatic hydroxyl groups excluding tert-OH is 1. The monoisotopic (exact) mass is 1630 g/mol. The zero-order valence-electron chi connectivity index (χ0n) is 73.8. The van der Waals surface area contributed by atoms with Gasteiger partial charge < -0.3 is 33.8 Å². The van der Waals surface area contributed by atoms with Gasteiger partial charge in [-0.05, 0) is 31.6 Å². The van der Waals surface area contributed by atoms with E-state index >= 15 is 0 Å². The van der Waals surface area contributed by atoms with Gasteiger partial charge in [-0.3, -0.25) is 37.3 Å². The fraction of sp³-hybridized carbons (Fsp3) is 0.957. The number of aliphatic hydroxyl groups is 1. The molecule has 112 heavy (non-hydrogen) atoms. The summed E-state index contributed by atoms with van der Waals surface area (Å²) in [6.07, 6.45) is 82.1. The molecule has 0 aliphatic heterocycles. The average molecular weight is 1630 g/mol. The Morgan fingerprint density at radius 1 is 0.250 bits per heavy atom. The van der Waals surface area contributed by atoms with E-state index in [4.69, 9.17) is 37.0 Å². The lowest BCUT2D eigenvalue weighted by molar-refractivity contribution is -0.161. The fourth-order valence-electron chi connectivity index (χ4n) is 14.7. The summed E-state index contributed by atoms with van der Waals surface area (Å²) in [7, 11) is -9.94. The molecule has 666 valence electrons. The van der Waals surface area contributed by atoms with E-state index < -0.39 is 97.5 Å². The molecule has 0 spiro atoms. The fourth-order valence-corrected chi connectivity index (χ4v) is 16.3. The van der Waals surface area contributed by atoms with Crippen molar-refractivity contribution in [3.8, 4) is 0 Å². The number of ether oxygens (including phenoxy) is 4. The van der Waals surface area contributed by atoms with Gasteiger partial charge >= 0.3 is 39.5 Å². The molecule has 0 fully saturated rings. The summed E-state index contributed by atoms with van der Waals surface area (Å²) in [5.41, 5.74) is 0. The van der Waals surface area contributed by atoms with Crippen LogP contribution < -0.4 is 0 Å². The first-order valence-electron chi connectivity index (χ1n) is 48.2. The number of unbranched alkanes of at least 4 members (excludes halogenated alkanes) is 64. The van der Waals surface area contributed by atoms with Gasteiger partial charge in [0.05, 0.1) is 26.4 Å². The van der Waals surface area contributed by atoms with Crippen molar-refractivity contribution in [2.45, 2.75) is 528 Å². The van der Waals surface area contributed by atoms with Crippen molar-refractivity contribution < 1.29 is 80.2 Å². The van der Waals surface area contributed by atoms with Crippen LogP contribution in [0.1, 0.15) is 510 Å². The van der Waals surface area contributed by atoms with Crippen molar-refractivity contribution in [2.24, 2.45) is 5.92 Å². The zero-order valence-corrected chi connectivity index (χ0v) is 75.6. The van der Waals surface area contributed by atoms with Crippen molar-refractivity contribution in [2.75, 3.05) is 39.6 Å². The Morgan fingerprint density at radius 3 is 0.634 bits per heavy atom. The highest BCUT2D eigenvalue weighted by atomic mass is 31.2. The van der Waals surface area contributed by atoms with Crippen molar-refractivity contribution >= 4 is 39.5 Å². The number of rotatable bonds is 93. The SMILES string of the molecule is CCCCCCCCCCCCCCCCCCCCCCCCC(=O)OC[C@H](COP(=O)(O)OC[C@@H](O)COP(=O)(O)OC[C@@H](COC(=O)CCCCCCCCCCCC)OC(=O)CCCCCCCCCCCCCCCCC(C)CC)OC(=O)CCCCCCCCCCCCCCCCCCCCCCCC. The first-order valence-corrected chi connectivity index (χ1v) is 51.2. The highest BCUT2D eigenvalue weighted by molar-refractivity contribution is 7.47. The minimum absolute atomic E-state index is 0.108. The van der Waals surface area contributed by atoms with Gasteiger partial charge in [0.1, 0.15) is 19.3 Å². The van der Waals surface area contributed by atoms with E-state index in [9.17, 15) is 43.2 Å². The minimum atomic E-state index is -4.97. The van der Waals surface area contributed by atoms with Gasteiger partial charge in [-0.25, -0.2) is 9.13 Å². The van der Waals surface area contributed by atoms with E-state index in [-0.39, 0.29) is 25.7 Å². The van der Waals surface area contributed by atoms with E-state index in [2.05, 4.69) is 34.6 Å². The molecular weight excluding hydrogens is 1450 g/mol. The number of carbonyl (C=O) groups is 4. The third-order valence-electron chi connectivity index (χ3n) is 22.4. The second-order valence-corrected chi connectivity index (χ2v) is 36.6. The molecule has 19 heteroatoms. The Hall–Kier alpha value is -1.94. The van der Waals surface area contributed by atoms with E-state index in [1.54, 1.807) is 0 Å². The molecule has 0 amide bonds. The molecule has 3 N–H and O–H groups in total. The van der Waals surface area contributed by atoms with Crippen LogP contribution in [0.25, 0.3) is 0 Å². The van der Waals surface area contributed by atoms with Crippen molar-refractivity contribution in [1.82, 2.24) is 0 Å². The van der Waals surface area contributed by atoms with Crippen LogP contribution in [-0.2, 0) is 65.4 Å². The van der Waals surface area contributed by atoms with Gasteiger partial charge in [-0.2, -0.15) is 0 Å². The maximum atomic E-state index is 13.2. The molecule has 0 aliphatic carbocycles. The van der Waals surface area contributed by atoms with Crippen LogP contribution in [0.4, 0.5) is 0 Å². The van der Waals surface area contributed by atoms with Crippen LogP contribution in [0.2, 0.25) is 0 Å². The Bertz CT molecular complexity index is 2120. The predicted molar refractivity (Wildman–Crippen MR) is 465 cm³/mol. The van der Waals surface area contributed by atoms with E-state index in [0.717, 1.165) is 95.8 Å². The zero-order chi connectivity index (χ0) is 81.8. The Balaban J connectivity index is 5.20. The summed E-state index contributed by atoms with van der Waals surface area (Å²) in [6, 6.07) is 0. The van der Waals surface area contributed by atoms with Crippen LogP contribution in [0.5, 0.6) is 0 Å². The molecular formula is C93H182O17P2. The summed E-state index contributed by atoms with van der Waals surface area (Å²) in [6.45, 7) is 7.44. The van der Waals surface area contributed by atoms with Crippen LogP contribution >= 0.6 is 15.6 Å². The molecule has 0 rings (SSSR count). The normalized spacial score (nSPS) is 13.9. The number of hydrogen-bond donors (Lipinski definition) is 3. The van der Waals surface area contributed by atoms with Crippen molar-refractivity contribution in [3.05, 3.63) is 0 Å². The number of phosphoric ester groups is 2. The van der Waals surface area contributed by atoms with Gasteiger partial charge in [0.25, 0.3) is 0 Å². The molecule has 0 saturated carbocycles. The predicted octanol–water partition coefficient (Wildman–Crippen LogP) is 29.1. The lowest BCUT2D eigenvalue weighted by atomic mass is 9.99. The minimum Gasteiger partial charge on any atom is -0.462 e. The smallest absolute Gasteiger partial charge is 0.462 e. The first-order chi connectivity index (χ1) is 54.6. The maximum absolute atomic E-state index is 13.2. The quantitative estimate of drug-likeness (QED) is 0.0222. The van der Waals surface area contributed by atoms with Crippen LogP contribution in [0.3, 0.4) is 0 Å². The van der Waals surface area contributed by atoms with Crippen molar-refractivity contribution in [1.29, 1.82) is 0 Å². The molecule has 17 nitrogen and oxygen atoms in total. The Kier molecular flexibility index (Phi) is 84.0. The Labute approximate surface area is 689 Å². The maximum Gasteiger partial charge on any atom is 0.472 e. The molecule has 6 atom stereocenters. The lowest BCUT2D eigenvalue weighted by Crippen LogP contribution is -2.30. The van der Waals surface area contributed by atoms with Gasteiger partial charge in [0, 0.05) is 25.7 Å². The molecule has 0 bridgehead atoms. The van der Waals surface area contributed by atoms with Gasteiger partial charge in [0.2, 0.25) is 0 Å². The van der Waals surface area contributed by atoms with Crippen molar-refractivity contribution in [3.63, 3.8) is 0 Å². The number of phosphoric acid groups is 2. The molecule has 0 radical (unpaired) electrons. The summed E-state index contributed by atoms with van der Waals surface area (Å²) >= 11 is 0. The molecule has 0 aromatic carbocycles. The van der Waals surface area contributed by atoms with Gasteiger partial charge in [-0.1, -0.05) is 458 Å². The molecule has 0 heterocycles. The number of carbonyl (C=O) groups excluding carboxylic acids is 4. The van der Waals surface area contributed by atoms with Crippen LogP contribution in [0.15, 0.2) is 0 Å². The summed E-state index contributed by atoms with van der Waals surface area (Å²) in [4.78, 5) is 73.4. The summed E-state index contributed by atoms with van der Waals surface area (Å²) in [5, 5.41) is 10.7. The Morgan fingerprint density at radius 2 is 0.429 bits per heavy atom. The third-order valence-corrected chi connectivity index (χ3v) is 24.3. The van der Waals surface area contributed by atoms with Gasteiger partial charge in [-0.15, -0.1) is 0 Å². The summed E-state index contributed by atoms with van der Waals surface area (Å²) < 4.78 is 69.1. The number of hydrogen-bond acceptors (Lipinski definition) is 15. The van der Waals surface area contributed by atoms with Gasteiger partial charge in [0.15, 0.2) is 12.2 Å². The van der Waals surface area contributed by atoms with E-state index in [1.807, 2.05) is 0 Å². The molecule has 0 aliphatic rings. The lowest BCUT2D eigenvalue weighted by Gasteiger charge is -2.21. The van der Waals surface area contributed by atoms with E-state index in [0.29, 0.717) is 25.7 Å². The highest BCUT2D eigenvalue weighted by Gasteiger charge is 2.31. The third kappa shape index (κ3) is 84.5. The topological polar surface area (TPSA) is 237 Å².